The molecular weight excluding hydrogens is 392 g/mol. The van der Waals surface area contributed by atoms with E-state index >= 15 is 0 Å². The summed E-state index contributed by atoms with van der Waals surface area (Å²) >= 11 is 1.65. The molecule has 7 heteroatoms. The molecule has 1 N–H and O–H groups in total. The van der Waals surface area contributed by atoms with Crippen LogP contribution in [0.3, 0.4) is 0 Å². The van der Waals surface area contributed by atoms with E-state index in [0.29, 0.717) is 19.5 Å². The van der Waals surface area contributed by atoms with Gasteiger partial charge < -0.3 is 4.90 Å². The van der Waals surface area contributed by atoms with Crippen molar-refractivity contribution in [1.82, 2.24) is 4.72 Å². The zero-order valence-corrected chi connectivity index (χ0v) is 18.1. The summed E-state index contributed by atoms with van der Waals surface area (Å²) in [4.78, 5) is 15.9. The third-order valence-corrected chi connectivity index (χ3v) is 8.20. The van der Waals surface area contributed by atoms with Crippen molar-refractivity contribution in [3.8, 4) is 0 Å². The molecule has 2 heterocycles. The third kappa shape index (κ3) is 3.63. The highest BCUT2D eigenvalue weighted by Gasteiger charge is 2.43. The van der Waals surface area contributed by atoms with Gasteiger partial charge >= 0.3 is 0 Å². The Morgan fingerprint density at radius 2 is 2.04 bits per heavy atom. The fourth-order valence-corrected chi connectivity index (χ4v) is 5.78. The van der Waals surface area contributed by atoms with Gasteiger partial charge in [-0.1, -0.05) is 13.8 Å². The van der Waals surface area contributed by atoms with Crippen LogP contribution in [0.25, 0.3) is 0 Å². The van der Waals surface area contributed by atoms with Crippen molar-refractivity contribution in [2.75, 3.05) is 18.0 Å². The van der Waals surface area contributed by atoms with Crippen LogP contribution in [-0.4, -0.2) is 27.4 Å². The maximum Gasteiger partial charge on any atom is 0.240 e. The summed E-state index contributed by atoms with van der Waals surface area (Å²) < 4.78 is 28.3. The average molecular weight is 419 g/mol. The molecule has 1 aromatic heterocycles. The van der Waals surface area contributed by atoms with E-state index in [1.165, 1.54) is 10.4 Å². The molecule has 1 aliphatic heterocycles. The monoisotopic (exact) mass is 418 g/mol. The van der Waals surface area contributed by atoms with Gasteiger partial charge in [0.05, 0.1) is 4.90 Å². The van der Waals surface area contributed by atoms with Crippen molar-refractivity contribution in [1.29, 1.82) is 0 Å². The Kier molecular flexibility index (Phi) is 4.88. The van der Waals surface area contributed by atoms with E-state index in [1.54, 1.807) is 29.5 Å². The van der Waals surface area contributed by atoms with Gasteiger partial charge in [0, 0.05) is 35.0 Å². The summed E-state index contributed by atoms with van der Waals surface area (Å²) in [5.41, 5.74) is 2.72. The Hall–Kier alpha value is -1.70. The predicted octanol–water partition coefficient (Wildman–Crippen LogP) is 3.61. The number of carbonyl (C=O) groups is 1. The first-order valence-electron chi connectivity index (χ1n) is 9.67. The Morgan fingerprint density at radius 3 is 2.68 bits per heavy atom. The van der Waals surface area contributed by atoms with E-state index < -0.39 is 10.0 Å². The van der Waals surface area contributed by atoms with Gasteiger partial charge in [-0.25, -0.2) is 13.1 Å². The predicted molar refractivity (Wildman–Crippen MR) is 112 cm³/mol. The molecule has 1 aliphatic carbocycles. The molecule has 1 saturated carbocycles. The molecule has 2 aromatic rings. The van der Waals surface area contributed by atoms with E-state index in [2.05, 4.69) is 18.6 Å². The lowest BCUT2D eigenvalue weighted by Crippen LogP contribution is -2.34. The third-order valence-electron chi connectivity index (χ3n) is 5.66. The van der Waals surface area contributed by atoms with Crippen molar-refractivity contribution in [3.63, 3.8) is 0 Å². The SMILES string of the molecule is Cc1ccsc1CCNS(=O)(=O)c1ccc2c(c1)C(C)(C)CN2C(=O)C1CC1. The number of sulfonamides is 1. The second kappa shape index (κ2) is 6.97. The fourth-order valence-electron chi connectivity index (χ4n) is 3.82. The summed E-state index contributed by atoms with van der Waals surface area (Å²) in [5.74, 6) is 0.319. The highest BCUT2D eigenvalue weighted by Crippen LogP contribution is 2.44. The number of nitrogens with zero attached hydrogens (tertiary/aromatic N) is 1. The summed E-state index contributed by atoms with van der Waals surface area (Å²) in [6.45, 7) is 7.14. The van der Waals surface area contributed by atoms with Crippen LogP contribution in [0.2, 0.25) is 0 Å². The van der Waals surface area contributed by atoms with Crippen LogP contribution in [0.4, 0.5) is 5.69 Å². The molecule has 0 bridgehead atoms. The lowest BCUT2D eigenvalue weighted by Gasteiger charge is -2.20. The number of benzene rings is 1. The molecule has 0 atom stereocenters. The smallest absolute Gasteiger partial charge is 0.240 e. The van der Waals surface area contributed by atoms with Gasteiger partial charge in [0.15, 0.2) is 0 Å². The molecule has 2 aliphatic rings. The van der Waals surface area contributed by atoms with E-state index in [0.717, 1.165) is 24.1 Å². The Balaban J connectivity index is 1.54. The Bertz CT molecular complexity index is 1020. The fraction of sp³-hybridized carbons (Fsp3) is 0.476. The standard InChI is InChI=1S/C21H26N2O3S2/c1-14-9-11-27-19(14)8-10-22-28(25,26)16-6-7-18-17(12-16)21(2,3)13-23(18)20(24)15-4-5-15/h6-7,9,11-12,15,22H,4-5,8,10,13H2,1-3H3. The molecular formula is C21H26N2O3S2. The number of fused-ring (bicyclic) bond motifs is 1. The number of aryl methyl sites for hydroxylation is 1. The molecule has 0 spiro atoms. The minimum absolute atomic E-state index is 0.146. The average Bonchev–Trinajstić information content (AvgIpc) is 3.36. The van der Waals surface area contributed by atoms with Crippen molar-refractivity contribution in [2.45, 2.75) is 50.3 Å². The van der Waals surface area contributed by atoms with Gasteiger partial charge in [0.2, 0.25) is 15.9 Å². The van der Waals surface area contributed by atoms with E-state index in [9.17, 15) is 13.2 Å². The number of rotatable bonds is 6. The second-order valence-electron chi connectivity index (χ2n) is 8.44. The number of thiophene rings is 1. The molecule has 1 fully saturated rings. The van der Waals surface area contributed by atoms with Crippen LogP contribution in [0, 0.1) is 12.8 Å². The van der Waals surface area contributed by atoms with Crippen LogP contribution in [0.5, 0.6) is 0 Å². The van der Waals surface area contributed by atoms with Gasteiger partial charge in [0.25, 0.3) is 0 Å². The van der Waals surface area contributed by atoms with Crippen LogP contribution in [0.15, 0.2) is 34.5 Å². The first-order valence-corrected chi connectivity index (χ1v) is 12.0. The largest absolute Gasteiger partial charge is 0.311 e. The maximum atomic E-state index is 12.8. The van der Waals surface area contributed by atoms with Crippen LogP contribution < -0.4 is 9.62 Å². The lowest BCUT2D eigenvalue weighted by molar-refractivity contribution is -0.119. The van der Waals surface area contributed by atoms with Crippen LogP contribution >= 0.6 is 11.3 Å². The minimum atomic E-state index is -3.59. The van der Waals surface area contributed by atoms with E-state index in [1.807, 2.05) is 23.3 Å². The summed E-state index contributed by atoms with van der Waals surface area (Å²) in [6, 6.07) is 7.20. The first-order chi connectivity index (χ1) is 13.2. The Morgan fingerprint density at radius 1 is 1.29 bits per heavy atom. The molecule has 5 nitrogen and oxygen atoms in total. The molecule has 4 rings (SSSR count). The molecule has 1 aromatic carbocycles. The van der Waals surface area contributed by atoms with Crippen LogP contribution in [0.1, 0.15) is 42.7 Å². The van der Waals surface area contributed by atoms with E-state index in [4.69, 9.17) is 0 Å². The van der Waals surface area contributed by atoms with Gasteiger partial charge in [-0.05, 0) is 67.0 Å². The van der Waals surface area contributed by atoms with Gasteiger partial charge in [0.1, 0.15) is 0 Å². The van der Waals surface area contributed by atoms with Crippen molar-refractivity contribution >= 4 is 33.0 Å². The number of amides is 1. The maximum absolute atomic E-state index is 12.8. The molecule has 1 amide bonds. The molecule has 0 unspecified atom stereocenters. The quantitative estimate of drug-likeness (QED) is 0.779. The number of nitrogens with one attached hydrogen (secondary N) is 1. The lowest BCUT2D eigenvalue weighted by atomic mass is 9.87. The van der Waals surface area contributed by atoms with E-state index in [-0.39, 0.29) is 22.1 Å². The molecule has 150 valence electrons. The number of carbonyl (C=O) groups excluding carboxylic acids is 1. The zero-order chi connectivity index (χ0) is 20.1. The van der Waals surface area contributed by atoms with Gasteiger partial charge in [-0.3, -0.25) is 4.79 Å². The summed E-state index contributed by atoms with van der Waals surface area (Å²) in [5, 5.41) is 2.02. The summed E-state index contributed by atoms with van der Waals surface area (Å²) in [7, 11) is -3.59. The molecule has 28 heavy (non-hydrogen) atoms. The molecule has 0 radical (unpaired) electrons. The number of hydrogen-bond acceptors (Lipinski definition) is 4. The zero-order valence-electron chi connectivity index (χ0n) is 16.5. The van der Waals surface area contributed by atoms with Crippen LogP contribution in [-0.2, 0) is 26.7 Å². The normalized spacial score (nSPS) is 18.3. The highest BCUT2D eigenvalue weighted by atomic mass is 32.2. The topological polar surface area (TPSA) is 66.5 Å². The minimum Gasteiger partial charge on any atom is -0.311 e. The van der Waals surface area contributed by atoms with Gasteiger partial charge in [-0.2, -0.15) is 0 Å². The van der Waals surface area contributed by atoms with Crippen molar-refractivity contribution < 1.29 is 13.2 Å². The number of anilines is 1. The molecule has 0 saturated heterocycles. The Labute approximate surface area is 170 Å². The van der Waals surface area contributed by atoms with Crippen molar-refractivity contribution in [3.05, 3.63) is 45.6 Å². The van der Waals surface area contributed by atoms with Gasteiger partial charge in [-0.15, -0.1) is 11.3 Å². The highest BCUT2D eigenvalue weighted by molar-refractivity contribution is 7.89. The summed E-state index contributed by atoms with van der Waals surface area (Å²) in [6.07, 6.45) is 2.61. The second-order valence-corrected chi connectivity index (χ2v) is 11.2. The number of hydrogen-bond donors (Lipinski definition) is 1. The van der Waals surface area contributed by atoms with Crippen molar-refractivity contribution in [2.24, 2.45) is 5.92 Å². The first kappa shape index (κ1) is 19.6.